The number of nitrogens with one attached hydrogen (secondary N) is 2. The van der Waals surface area contributed by atoms with Crippen LogP contribution in [0.4, 0.5) is 5.69 Å². The van der Waals surface area contributed by atoms with Crippen molar-refractivity contribution in [3.8, 4) is 0 Å². The van der Waals surface area contributed by atoms with Crippen LogP contribution in [0.1, 0.15) is 37.3 Å². The van der Waals surface area contributed by atoms with Gasteiger partial charge in [0.2, 0.25) is 11.8 Å². The molecule has 136 valence electrons. The highest BCUT2D eigenvalue weighted by Crippen LogP contribution is 2.25. The van der Waals surface area contributed by atoms with Crippen molar-refractivity contribution >= 4 is 46.9 Å². The van der Waals surface area contributed by atoms with Crippen molar-refractivity contribution in [2.24, 2.45) is 5.10 Å². The number of nitrogens with zero attached hydrogens (tertiary/aromatic N) is 1. The molecule has 0 unspecified atom stereocenters. The molecule has 0 fully saturated rings. The van der Waals surface area contributed by atoms with Crippen molar-refractivity contribution in [2.75, 3.05) is 5.32 Å². The maximum Gasteiger partial charge on any atom is 0.249 e. The second kappa shape index (κ2) is 9.36. The largest absolute Gasteiger partial charge is 0.326 e. The van der Waals surface area contributed by atoms with E-state index in [9.17, 15) is 9.59 Å². The average molecular weight is 392 g/mol. The number of carbonyl (C=O) groups is 2. The Morgan fingerprint density at radius 1 is 1.04 bits per heavy atom. The van der Waals surface area contributed by atoms with Gasteiger partial charge in [-0.2, -0.15) is 5.10 Å². The normalized spacial score (nSPS) is 11.0. The first kappa shape index (κ1) is 19.9. The molecule has 7 heteroatoms. The molecule has 2 amide bonds. The first-order valence-electron chi connectivity index (χ1n) is 8.02. The van der Waals surface area contributed by atoms with Crippen LogP contribution in [0.3, 0.4) is 0 Å². The number of hydrogen-bond acceptors (Lipinski definition) is 3. The van der Waals surface area contributed by atoms with E-state index in [1.807, 2.05) is 24.3 Å². The van der Waals surface area contributed by atoms with E-state index in [1.165, 1.54) is 17.8 Å². The minimum atomic E-state index is -0.516. The van der Waals surface area contributed by atoms with Crippen LogP contribution in [0.2, 0.25) is 10.0 Å². The highest BCUT2D eigenvalue weighted by atomic mass is 35.5. The van der Waals surface area contributed by atoms with Crippen molar-refractivity contribution in [3.05, 3.63) is 63.6 Å². The number of rotatable bonds is 6. The van der Waals surface area contributed by atoms with Crippen molar-refractivity contribution in [2.45, 2.75) is 26.2 Å². The van der Waals surface area contributed by atoms with Gasteiger partial charge in [-0.25, -0.2) is 5.43 Å². The summed E-state index contributed by atoms with van der Waals surface area (Å²) in [4.78, 5) is 23.6. The molecule has 0 atom stereocenters. The smallest absolute Gasteiger partial charge is 0.249 e. The maximum absolute atomic E-state index is 11.9. The van der Waals surface area contributed by atoms with E-state index in [4.69, 9.17) is 23.2 Å². The quantitative estimate of drug-likeness (QED) is 0.429. The third-order valence-corrected chi connectivity index (χ3v) is 4.27. The summed E-state index contributed by atoms with van der Waals surface area (Å²) < 4.78 is 0. The molecule has 0 spiro atoms. The summed E-state index contributed by atoms with van der Waals surface area (Å²) in [6, 6.07) is 12.5. The number of hydrogen-bond donors (Lipinski definition) is 2. The lowest BCUT2D eigenvalue weighted by molar-refractivity contribution is -0.126. The number of amides is 2. The molecule has 0 aliphatic carbocycles. The van der Waals surface area contributed by atoms with Crippen LogP contribution in [0.5, 0.6) is 0 Å². The van der Waals surface area contributed by atoms with E-state index < -0.39 is 11.8 Å². The number of hydrazone groups is 1. The molecule has 0 bridgehead atoms. The molecular weight excluding hydrogens is 373 g/mol. The SMILES string of the molecule is CC(C)c1ccc(C=NNC(=O)CC(=O)Nc2ccc(Cl)c(Cl)c2)cc1. The number of anilines is 1. The first-order chi connectivity index (χ1) is 12.3. The summed E-state index contributed by atoms with van der Waals surface area (Å²) in [5.41, 5.74) is 4.88. The highest BCUT2D eigenvalue weighted by molar-refractivity contribution is 6.42. The standard InChI is InChI=1S/C19H19Cl2N3O2/c1-12(2)14-5-3-13(4-6-14)11-22-24-19(26)10-18(25)23-15-7-8-16(20)17(21)9-15/h3-9,11-12H,10H2,1-2H3,(H,23,25)(H,24,26). The molecule has 0 aromatic heterocycles. The van der Waals surface area contributed by atoms with E-state index in [2.05, 4.69) is 29.7 Å². The van der Waals surface area contributed by atoms with Gasteiger partial charge in [0.25, 0.3) is 0 Å². The van der Waals surface area contributed by atoms with Crippen LogP contribution >= 0.6 is 23.2 Å². The number of halogens is 2. The van der Waals surface area contributed by atoms with Gasteiger partial charge in [0.05, 0.1) is 16.3 Å². The van der Waals surface area contributed by atoms with Gasteiger partial charge in [-0.3, -0.25) is 9.59 Å². The molecule has 0 aliphatic heterocycles. The fourth-order valence-corrected chi connectivity index (χ4v) is 2.41. The van der Waals surface area contributed by atoms with Crippen LogP contribution in [0.25, 0.3) is 0 Å². The lowest BCUT2D eigenvalue weighted by atomic mass is 10.0. The Labute approximate surface area is 162 Å². The molecule has 2 rings (SSSR count). The van der Waals surface area contributed by atoms with E-state index in [1.54, 1.807) is 12.1 Å². The molecule has 26 heavy (non-hydrogen) atoms. The first-order valence-corrected chi connectivity index (χ1v) is 8.77. The summed E-state index contributed by atoms with van der Waals surface area (Å²) in [5, 5.41) is 7.14. The number of benzene rings is 2. The summed E-state index contributed by atoms with van der Waals surface area (Å²) in [7, 11) is 0. The fourth-order valence-electron chi connectivity index (χ4n) is 2.11. The Morgan fingerprint density at radius 3 is 2.35 bits per heavy atom. The number of carbonyl (C=O) groups excluding carboxylic acids is 2. The van der Waals surface area contributed by atoms with E-state index in [-0.39, 0.29) is 6.42 Å². The Bertz CT molecular complexity index is 818. The zero-order chi connectivity index (χ0) is 19.1. The van der Waals surface area contributed by atoms with E-state index in [0.717, 1.165) is 5.56 Å². The predicted octanol–water partition coefficient (Wildman–Crippen LogP) is 4.60. The van der Waals surface area contributed by atoms with Crippen molar-refractivity contribution in [1.29, 1.82) is 0 Å². The molecular formula is C19H19Cl2N3O2. The maximum atomic E-state index is 11.9. The molecule has 0 heterocycles. The van der Waals surface area contributed by atoms with Crippen molar-refractivity contribution in [1.82, 2.24) is 5.43 Å². The highest BCUT2D eigenvalue weighted by Gasteiger charge is 2.10. The van der Waals surface area contributed by atoms with Gasteiger partial charge in [-0.1, -0.05) is 61.3 Å². The van der Waals surface area contributed by atoms with E-state index >= 15 is 0 Å². The monoisotopic (exact) mass is 391 g/mol. The van der Waals surface area contributed by atoms with Gasteiger partial charge in [0.1, 0.15) is 6.42 Å². The summed E-state index contributed by atoms with van der Waals surface area (Å²) >= 11 is 11.7. The van der Waals surface area contributed by atoms with Gasteiger partial charge in [0, 0.05) is 5.69 Å². The van der Waals surface area contributed by atoms with Crippen molar-refractivity contribution < 1.29 is 9.59 Å². The van der Waals surface area contributed by atoms with Crippen LogP contribution in [-0.2, 0) is 9.59 Å². The molecule has 2 aromatic rings. The van der Waals surface area contributed by atoms with Crippen molar-refractivity contribution in [3.63, 3.8) is 0 Å². The van der Waals surface area contributed by atoms with Gasteiger partial charge in [-0.15, -0.1) is 0 Å². The molecule has 2 aromatic carbocycles. The molecule has 0 saturated heterocycles. The molecule has 5 nitrogen and oxygen atoms in total. The second-order valence-electron chi connectivity index (χ2n) is 5.97. The zero-order valence-electron chi connectivity index (χ0n) is 14.4. The van der Waals surface area contributed by atoms with E-state index in [0.29, 0.717) is 21.7 Å². The van der Waals surface area contributed by atoms with Gasteiger partial charge < -0.3 is 5.32 Å². The topological polar surface area (TPSA) is 70.6 Å². The van der Waals surface area contributed by atoms with Crippen LogP contribution < -0.4 is 10.7 Å². The summed E-state index contributed by atoms with van der Waals surface area (Å²) in [6.07, 6.45) is 1.17. The Morgan fingerprint density at radius 2 is 1.73 bits per heavy atom. The molecule has 0 aliphatic rings. The predicted molar refractivity (Wildman–Crippen MR) is 106 cm³/mol. The minimum Gasteiger partial charge on any atom is -0.326 e. The van der Waals surface area contributed by atoms with Gasteiger partial charge in [0.15, 0.2) is 0 Å². The third kappa shape index (κ3) is 6.17. The molecule has 2 N–H and O–H groups in total. The Balaban J connectivity index is 1.82. The molecule has 0 saturated carbocycles. The van der Waals surface area contributed by atoms with Crippen LogP contribution in [0, 0.1) is 0 Å². The average Bonchev–Trinajstić information content (AvgIpc) is 2.58. The molecule has 0 radical (unpaired) electrons. The van der Waals surface area contributed by atoms with Gasteiger partial charge in [-0.05, 0) is 35.2 Å². The Hall–Kier alpha value is -2.37. The van der Waals surface area contributed by atoms with Crippen LogP contribution in [0.15, 0.2) is 47.6 Å². The van der Waals surface area contributed by atoms with Crippen LogP contribution in [-0.4, -0.2) is 18.0 Å². The third-order valence-electron chi connectivity index (χ3n) is 3.53. The fraction of sp³-hybridized carbons (Fsp3) is 0.211. The lowest BCUT2D eigenvalue weighted by Crippen LogP contribution is -2.24. The van der Waals surface area contributed by atoms with Gasteiger partial charge >= 0.3 is 0 Å². The Kier molecular flexibility index (Phi) is 7.18. The second-order valence-corrected chi connectivity index (χ2v) is 6.78. The minimum absolute atomic E-state index is 0.321. The zero-order valence-corrected chi connectivity index (χ0v) is 15.9. The summed E-state index contributed by atoms with van der Waals surface area (Å²) in [5.74, 6) is -0.537. The lowest BCUT2D eigenvalue weighted by Gasteiger charge is -2.06. The summed E-state index contributed by atoms with van der Waals surface area (Å²) in [6.45, 7) is 4.23.